The Kier molecular flexibility index (Phi) is 5.27. The second kappa shape index (κ2) is 7.59. The average molecular weight is 328 g/mol. The van der Waals surface area contributed by atoms with Crippen molar-refractivity contribution in [3.63, 3.8) is 0 Å². The van der Waals surface area contributed by atoms with Gasteiger partial charge < -0.3 is 14.7 Å². The average Bonchev–Trinajstić information content (AvgIpc) is 2.60. The van der Waals surface area contributed by atoms with Crippen LogP contribution in [0.4, 0.5) is 5.82 Å². The minimum absolute atomic E-state index is 0.291. The summed E-state index contributed by atoms with van der Waals surface area (Å²) in [6, 6.07) is 9.58. The van der Waals surface area contributed by atoms with Crippen molar-refractivity contribution in [1.82, 2.24) is 14.9 Å². The van der Waals surface area contributed by atoms with Crippen molar-refractivity contribution in [3.8, 4) is 5.75 Å². The van der Waals surface area contributed by atoms with Crippen molar-refractivity contribution in [1.29, 1.82) is 0 Å². The molecule has 1 N–H and O–H groups in total. The molecule has 0 spiro atoms. The van der Waals surface area contributed by atoms with Gasteiger partial charge in [-0.05, 0) is 12.1 Å². The van der Waals surface area contributed by atoms with Gasteiger partial charge in [-0.1, -0.05) is 18.2 Å². The van der Waals surface area contributed by atoms with Gasteiger partial charge in [0, 0.05) is 45.7 Å². The van der Waals surface area contributed by atoms with Crippen LogP contribution in [0.5, 0.6) is 5.75 Å². The van der Waals surface area contributed by atoms with Gasteiger partial charge in [-0.25, -0.2) is 9.97 Å². The zero-order valence-corrected chi connectivity index (χ0v) is 14.2. The van der Waals surface area contributed by atoms with E-state index in [1.807, 2.05) is 49.3 Å². The van der Waals surface area contributed by atoms with E-state index in [9.17, 15) is 5.11 Å². The fraction of sp³-hybridized carbons (Fsp3) is 0.444. The molecule has 6 heteroatoms. The van der Waals surface area contributed by atoms with Gasteiger partial charge in [0.05, 0.1) is 5.69 Å². The number of fused-ring (bicyclic) bond motifs is 1. The standard InChI is InChI=1S/C18H24N4O2/c1-21(2)18-16-11-22(9-8-17(16)19-13-20-18)10-14(23)12-24-15-6-4-3-5-7-15/h3-7,13-14,23H,8-12H2,1-2H3. The molecule has 3 rings (SSSR count). The van der Waals surface area contributed by atoms with Crippen LogP contribution in [0.25, 0.3) is 0 Å². The van der Waals surface area contributed by atoms with Gasteiger partial charge in [-0.15, -0.1) is 0 Å². The molecule has 6 nitrogen and oxygen atoms in total. The lowest BCUT2D eigenvalue weighted by molar-refractivity contribution is 0.0635. The minimum Gasteiger partial charge on any atom is -0.491 e. The highest BCUT2D eigenvalue weighted by molar-refractivity contribution is 5.48. The largest absolute Gasteiger partial charge is 0.491 e. The third kappa shape index (κ3) is 4.01. The fourth-order valence-corrected chi connectivity index (χ4v) is 2.98. The van der Waals surface area contributed by atoms with E-state index in [2.05, 4.69) is 14.9 Å². The SMILES string of the molecule is CN(C)c1ncnc2c1CN(CC(O)COc1ccccc1)CC2. The summed E-state index contributed by atoms with van der Waals surface area (Å²) in [4.78, 5) is 13.0. The number of hydrogen-bond acceptors (Lipinski definition) is 6. The highest BCUT2D eigenvalue weighted by Crippen LogP contribution is 2.24. The Morgan fingerprint density at radius 3 is 2.79 bits per heavy atom. The molecule has 0 fully saturated rings. The van der Waals surface area contributed by atoms with Gasteiger partial charge in [0.15, 0.2) is 0 Å². The summed E-state index contributed by atoms with van der Waals surface area (Å²) in [7, 11) is 3.98. The molecule has 0 aliphatic carbocycles. The van der Waals surface area contributed by atoms with Crippen LogP contribution in [0.3, 0.4) is 0 Å². The molecule has 2 heterocycles. The molecule has 0 saturated heterocycles. The van der Waals surface area contributed by atoms with Crippen LogP contribution in [-0.4, -0.2) is 59.9 Å². The van der Waals surface area contributed by atoms with E-state index in [0.717, 1.165) is 42.3 Å². The maximum absolute atomic E-state index is 10.3. The van der Waals surface area contributed by atoms with Gasteiger partial charge in [-0.3, -0.25) is 4.90 Å². The van der Waals surface area contributed by atoms with E-state index < -0.39 is 6.10 Å². The first-order valence-electron chi connectivity index (χ1n) is 8.22. The molecule has 1 aromatic heterocycles. The summed E-state index contributed by atoms with van der Waals surface area (Å²) in [6.45, 7) is 2.51. The second-order valence-corrected chi connectivity index (χ2v) is 6.28. The van der Waals surface area contributed by atoms with Gasteiger partial charge in [0.25, 0.3) is 0 Å². The number of nitrogens with zero attached hydrogens (tertiary/aromatic N) is 4. The van der Waals surface area contributed by atoms with Crippen LogP contribution < -0.4 is 9.64 Å². The number of ether oxygens (including phenoxy) is 1. The number of aliphatic hydroxyl groups is 1. The molecule has 24 heavy (non-hydrogen) atoms. The van der Waals surface area contributed by atoms with Crippen LogP contribution in [-0.2, 0) is 13.0 Å². The number of rotatable bonds is 6. The van der Waals surface area contributed by atoms with Crippen LogP contribution in [0.2, 0.25) is 0 Å². The molecule has 0 radical (unpaired) electrons. The molecular weight excluding hydrogens is 304 g/mol. The summed E-state index contributed by atoms with van der Waals surface area (Å²) in [5.74, 6) is 1.74. The molecule has 2 aromatic rings. The summed E-state index contributed by atoms with van der Waals surface area (Å²) in [5, 5.41) is 10.3. The molecule has 0 amide bonds. The first-order valence-corrected chi connectivity index (χ1v) is 8.22. The summed E-state index contributed by atoms with van der Waals surface area (Å²) < 4.78 is 5.63. The summed E-state index contributed by atoms with van der Waals surface area (Å²) >= 11 is 0. The summed E-state index contributed by atoms with van der Waals surface area (Å²) in [5.41, 5.74) is 2.27. The van der Waals surface area contributed by atoms with Gasteiger partial charge in [0.2, 0.25) is 0 Å². The van der Waals surface area contributed by atoms with Crippen LogP contribution in [0.1, 0.15) is 11.3 Å². The monoisotopic (exact) mass is 328 g/mol. The molecule has 1 aliphatic rings. The number of benzene rings is 1. The minimum atomic E-state index is -0.529. The number of hydrogen-bond donors (Lipinski definition) is 1. The van der Waals surface area contributed by atoms with Crippen LogP contribution in [0.15, 0.2) is 36.7 Å². The van der Waals surface area contributed by atoms with E-state index in [-0.39, 0.29) is 0 Å². The van der Waals surface area contributed by atoms with E-state index in [1.165, 1.54) is 0 Å². The molecular formula is C18H24N4O2. The fourth-order valence-electron chi connectivity index (χ4n) is 2.98. The van der Waals surface area contributed by atoms with E-state index >= 15 is 0 Å². The van der Waals surface area contributed by atoms with E-state index in [0.29, 0.717) is 13.2 Å². The van der Waals surface area contributed by atoms with E-state index in [4.69, 9.17) is 4.74 Å². The van der Waals surface area contributed by atoms with Crippen LogP contribution in [0, 0.1) is 0 Å². The lowest BCUT2D eigenvalue weighted by Gasteiger charge is -2.31. The van der Waals surface area contributed by atoms with Gasteiger partial charge >= 0.3 is 0 Å². The molecule has 0 bridgehead atoms. The quantitative estimate of drug-likeness (QED) is 0.863. The Morgan fingerprint density at radius 2 is 2.04 bits per heavy atom. The van der Waals surface area contributed by atoms with Gasteiger partial charge in [0.1, 0.15) is 30.6 Å². The highest BCUT2D eigenvalue weighted by atomic mass is 16.5. The Balaban J connectivity index is 1.57. The highest BCUT2D eigenvalue weighted by Gasteiger charge is 2.23. The first kappa shape index (κ1) is 16.7. The maximum atomic E-state index is 10.3. The van der Waals surface area contributed by atoms with Crippen molar-refractivity contribution in [3.05, 3.63) is 47.9 Å². The van der Waals surface area contributed by atoms with Crippen molar-refractivity contribution in [2.45, 2.75) is 19.1 Å². The number of aliphatic hydroxyl groups excluding tert-OH is 1. The number of para-hydroxylation sites is 1. The van der Waals surface area contributed by atoms with Crippen molar-refractivity contribution in [2.75, 3.05) is 38.7 Å². The molecule has 1 atom stereocenters. The van der Waals surface area contributed by atoms with E-state index in [1.54, 1.807) is 6.33 Å². The summed E-state index contributed by atoms with van der Waals surface area (Å²) in [6.07, 6.45) is 1.98. The van der Waals surface area contributed by atoms with Crippen molar-refractivity contribution in [2.24, 2.45) is 0 Å². The van der Waals surface area contributed by atoms with Crippen LogP contribution >= 0.6 is 0 Å². The maximum Gasteiger partial charge on any atom is 0.136 e. The number of anilines is 1. The predicted octanol–water partition coefficient (Wildman–Crippen LogP) is 1.34. The molecule has 1 aliphatic heterocycles. The molecule has 1 unspecified atom stereocenters. The first-order chi connectivity index (χ1) is 11.6. The zero-order valence-electron chi connectivity index (χ0n) is 14.2. The van der Waals surface area contributed by atoms with Gasteiger partial charge in [-0.2, -0.15) is 0 Å². The lowest BCUT2D eigenvalue weighted by atomic mass is 10.1. The smallest absolute Gasteiger partial charge is 0.136 e. The predicted molar refractivity (Wildman–Crippen MR) is 93.3 cm³/mol. The Morgan fingerprint density at radius 1 is 1.25 bits per heavy atom. The molecule has 128 valence electrons. The Bertz CT molecular complexity index is 663. The Hall–Kier alpha value is -2.18. The molecule has 1 aromatic carbocycles. The zero-order chi connectivity index (χ0) is 16.9. The number of β-amino-alcohol motifs (C(OH)–C–C–N with tert-alkyl or cyclic N) is 1. The lowest BCUT2D eigenvalue weighted by Crippen LogP contribution is -2.39. The van der Waals surface area contributed by atoms with Crippen molar-refractivity contribution < 1.29 is 9.84 Å². The number of aromatic nitrogens is 2. The molecule has 0 saturated carbocycles. The second-order valence-electron chi connectivity index (χ2n) is 6.28. The normalized spacial score (nSPS) is 15.6. The third-order valence-electron chi connectivity index (χ3n) is 4.14. The Labute approximate surface area is 142 Å². The van der Waals surface area contributed by atoms with Crippen molar-refractivity contribution >= 4 is 5.82 Å². The topological polar surface area (TPSA) is 61.7 Å². The third-order valence-corrected chi connectivity index (χ3v) is 4.14.